The first-order chi connectivity index (χ1) is 13.2. The van der Waals surface area contributed by atoms with E-state index in [4.69, 9.17) is 0 Å². The normalized spacial score (nSPS) is 14.1. The minimum atomic E-state index is -0.203. The number of nitrogens with one attached hydrogen (secondary N) is 1. The van der Waals surface area contributed by atoms with Crippen LogP contribution in [-0.4, -0.2) is 19.7 Å². The monoisotopic (exact) mass is 442 g/mol. The molecule has 0 aliphatic heterocycles. The van der Waals surface area contributed by atoms with Crippen molar-refractivity contribution in [2.24, 2.45) is 0 Å². The zero-order valence-corrected chi connectivity index (χ0v) is 16.7. The molecular weight excluding hydrogens is 427 g/mol. The summed E-state index contributed by atoms with van der Waals surface area (Å²) < 4.78 is 17.1. The SMILES string of the molecule is Fc1cc(Br)ccc1CSc1nnc(-c2c[nH]c3ccccc23)n1C1CC1. The average molecular weight is 443 g/mol. The van der Waals surface area contributed by atoms with Gasteiger partial charge < -0.3 is 4.98 Å². The fraction of sp³-hybridized carbons (Fsp3) is 0.200. The maximum Gasteiger partial charge on any atom is 0.192 e. The molecule has 7 heteroatoms. The molecule has 1 fully saturated rings. The van der Waals surface area contributed by atoms with Crippen molar-refractivity contribution in [2.75, 3.05) is 0 Å². The lowest BCUT2D eigenvalue weighted by Crippen LogP contribution is -2.00. The molecule has 1 aliphatic carbocycles. The van der Waals surface area contributed by atoms with E-state index in [2.05, 4.69) is 47.8 Å². The molecule has 0 radical (unpaired) electrons. The Labute approximate surface area is 168 Å². The van der Waals surface area contributed by atoms with Gasteiger partial charge in [0.2, 0.25) is 0 Å². The Bertz CT molecular complexity index is 1130. The van der Waals surface area contributed by atoms with E-state index in [1.54, 1.807) is 0 Å². The molecule has 27 heavy (non-hydrogen) atoms. The number of benzene rings is 2. The molecular formula is C20H16BrFN4S. The average Bonchev–Trinajstić information content (AvgIpc) is 3.28. The molecule has 1 saturated carbocycles. The number of aromatic nitrogens is 4. The maximum absolute atomic E-state index is 14.1. The first kappa shape index (κ1) is 17.0. The number of fused-ring (bicyclic) bond motifs is 1. The summed E-state index contributed by atoms with van der Waals surface area (Å²) in [6.07, 6.45) is 4.26. The Balaban J connectivity index is 1.49. The highest BCUT2D eigenvalue weighted by atomic mass is 79.9. The van der Waals surface area contributed by atoms with Crippen LogP contribution in [0, 0.1) is 5.82 Å². The van der Waals surface area contributed by atoms with Crippen molar-refractivity contribution >= 4 is 38.6 Å². The molecule has 1 N–H and O–H groups in total. The minimum Gasteiger partial charge on any atom is -0.360 e. The van der Waals surface area contributed by atoms with Crippen LogP contribution in [0.15, 0.2) is 58.3 Å². The summed E-state index contributed by atoms with van der Waals surface area (Å²) in [6, 6.07) is 13.8. The van der Waals surface area contributed by atoms with Gasteiger partial charge >= 0.3 is 0 Å². The number of hydrogen-bond donors (Lipinski definition) is 1. The molecule has 2 aromatic carbocycles. The Morgan fingerprint density at radius 1 is 1.19 bits per heavy atom. The molecule has 2 heterocycles. The van der Waals surface area contributed by atoms with E-state index in [1.807, 2.05) is 30.5 Å². The molecule has 0 atom stereocenters. The number of thioether (sulfide) groups is 1. The van der Waals surface area contributed by atoms with Crippen molar-refractivity contribution in [3.8, 4) is 11.4 Å². The van der Waals surface area contributed by atoms with E-state index in [9.17, 15) is 4.39 Å². The second-order valence-corrected chi connectivity index (χ2v) is 8.54. The third-order valence-electron chi connectivity index (χ3n) is 4.78. The number of para-hydroxylation sites is 1. The van der Waals surface area contributed by atoms with Gasteiger partial charge in [-0.2, -0.15) is 0 Å². The summed E-state index contributed by atoms with van der Waals surface area (Å²) in [5.74, 6) is 1.21. The molecule has 4 aromatic rings. The maximum atomic E-state index is 14.1. The van der Waals surface area contributed by atoms with Crippen LogP contribution in [0.3, 0.4) is 0 Å². The van der Waals surface area contributed by atoms with Crippen LogP contribution in [0.2, 0.25) is 0 Å². The smallest absolute Gasteiger partial charge is 0.192 e. The lowest BCUT2D eigenvalue weighted by molar-refractivity contribution is 0.616. The van der Waals surface area contributed by atoms with E-state index in [-0.39, 0.29) is 5.82 Å². The van der Waals surface area contributed by atoms with Gasteiger partial charge in [0.15, 0.2) is 11.0 Å². The fourth-order valence-electron chi connectivity index (χ4n) is 3.26. The van der Waals surface area contributed by atoms with E-state index >= 15 is 0 Å². The third kappa shape index (κ3) is 3.19. The largest absolute Gasteiger partial charge is 0.360 e. The first-order valence-corrected chi connectivity index (χ1v) is 10.6. The van der Waals surface area contributed by atoms with Gasteiger partial charge in [-0.25, -0.2) is 4.39 Å². The number of aromatic amines is 1. The van der Waals surface area contributed by atoms with Crippen molar-refractivity contribution in [1.29, 1.82) is 0 Å². The van der Waals surface area contributed by atoms with Crippen molar-refractivity contribution in [3.05, 3.63) is 64.5 Å². The van der Waals surface area contributed by atoms with E-state index in [0.29, 0.717) is 17.4 Å². The molecule has 0 spiro atoms. The highest BCUT2D eigenvalue weighted by molar-refractivity contribution is 9.10. The summed E-state index contributed by atoms with van der Waals surface area (Å²) in [5.41, 5.74) is 2.82. The molecule has 0 saturated heterocycles. The lowest BCUT2D eigenvalue weighted by atomic mass is 10.1. The van der Waals surface area contributed by atoms with E-state index < -0.39 is 0 Å². The Morgan fingerprint density at radius 2 is 2.04 bits per heavy atom. The van der Waals surface area contributed by atoms with Crippen LogP contribution in [0.1, 0.15) is 24.4 Å². The van der Waals surface area contributed by atoms with Gasteiger partial charge in [0, 0.05) is 38.9 Å². The van der Waals surface area contributed by atoms with Crippen LogP contribution in [0.4, 0.5) is 4.39 Å². The van der Waals surface area contributed by atoms with Gasteiger partial charge in [-0.3, -0.25) is 4.57 Å². The molecule has 4 nitrogen and oxygen atoms in total. The first-order valence-electron chi connectivity index (χ1n) is 8.79. The van der Waals surface area contributed by atoms with Crippen LogP contribution in [0.25, 0.3) is 22.3 Å². The Kier molecular flexibility index (Phi) is 4.28. The number of H-pyrrole nitrogens is 1. The quantitative estimate of drug-likeness (QED) is 0.388. The lowest BCUT2D eigenvalue weighted by Gasteiger charge is -2.09. The fourth-order valence-corrected chi connectivity index (χ4v) is 4.58. The molecule has 0 bridgehead atoms. The molecule has 0 unspecified atom stereocenters. The summed E-state index contributed by atoms with van der Waals surface area (Å²) >= 11 is 4.84. The predicted molar refractivity (Wildman–Crippen MR) is 109 cm³/mol. The molecule has 5 rings (SSSR count). The summed E-state index contributed by atoms with van der Waals surface area (Å²) in [5, 5.41) is 10.9. The molecule has 0 amide bonds. The molecule has 1 aliphatic rings. The second-order valence-electron chi connectivity index (χ2n) is 6.68. The standard InChI is InChI=1S/C20H16BrFN4S/c21-13-6-5-12(17(22)9-13)11-27-20-25-24-19(26(20)14-7-8-14)16-10-23-18-4-2-1-3-15(16)18/h1-6,9-10,14,23H,7-8,11H2. The molecule has 2 aromatic heterocycles. The Hall–Kier alpha value is -2.12. The second kappa shape index (κ2) is 6.80. The minimum absolute atomic E-state index is 0.203. The van der Waals surface area contributed by atoms with Crippen LogP contribution < -0.4 is 0 Å². The number of halogens is 2. The van der Waals surface area contributed by atoms with Crippen LogP contribution >= 0.6 is 27.7 Å². The number of rotatable bonds is 5. The third-order valence-corrected chi connectivity index (χ3v) is 6.26. The topological polar surface area (TPSA) is 46.5 Å². The van der Waals surface area contributed by atoms with Crippen molar-refractivity contribution in [1.82, 2.24) is 19.7 Å². The van der Waals surface area contributed by atoms with Gasteiger partial charge in [-0.05, 0) is 36.6 Å². The predicted octanol–water partition coefficient (Wildman–Crippen LogP) is 5.96. The van der Waals surface area contributed by atoms with Crippen LogP contribution in [0.5, 0.6) is 0 Å². The summed E-state index contributed by atoms with van der Waals surface area (Å²) in [7, 11) is 0. The zero-order chi connectivity index (χ0) is 18.4. The molecule has 136 valence electrons. The van der Waals surface area contributed by atoms with Crippen molar-refractivity contribution in [3.63, 3.8) is 0 Å². The van der Waals surface area contributed by atoms with Crippen molar-refractivity contribution in [2.45, 2.75) is 29.8 Å². The highest BCUT2D eigenvalue weighted by Gasteiger charge is 2.31. The summed E-state index contributed by atoms with van der Waals surface area (Å²) in [4.78, 5) is 3.31. The van der Waals surface area contributed by atoms with Gasteiger partial charge in [0.1, 0.15) is 5.82 Å². The Morgan fingerprint density at radius 3 is 2.85 bits per heavy atom. The number of hydrogen-bond acceptors (Lipinski definition) is 3. The van der Waals surface area contributed by atoms with Crippen molar-refractivity contribution < 1.29 is 4.39 Å². The van der Waals surface area contributed by atoms with E-state index in [1.165, 1.54) is 17.8 Å². The van der Waals surface area contributed by atoms with Crippen LogP contribution in [-0.2, 0) is 5.75 Å². The highest BCUT2D eigenvalue weighted by Crippen LogP contribution is 2.42. The van der Waals surface area contributed by atoms with Gasteiger partial charge in [-0.15, -0.1) is 10.2 Å². The van der Waals surface area contributed by atoms with Gasteiger partial charge in [-0.1, -0.05) is 52.0 Å². The zero-order valence-electron chi connectivity index (χ0n) is 14.3. The van der Waals surface area contributed by atoms with Gasteiger partial charge in [0.05, 0.1) is 0 Å². The number of nitrogens with zero attached hydrogens (tertiary/aromatic N) is 3. The van der Waals surface area contributed by atoms with E-state index in [0.717, 1.165) is 44.8 Å². The van der Waals surface area contributed by atoms with Gasteiger partial charge in [0.25, 0.3) is 0 Å². The summed E-state index contributed by atoms with van der Waals surface area (Å²) in [6.45, 7) is 0.